The van der Waals surface area contributed by atoms with Gasteiger partial charge in [0, 0.05) is 5.56 Å². The monoisotopic (exact) mass is 218 g/mol. The van der Waals surface area contributed by atoms with Gasteiger partial charge in [-0.05, 0) is 24.6 Å². The van der Waals surface area contributed by atoms with E-state index >= 15 is 0 Å². The highest BCUT2D eigenvalue weighted by Crippen LogP contribution is 2.20. The summed E-state index contributed by atoms with van der Waals surface area (Å²) in [6, 6.07) is 4.65. The molecule has 0 aliphatic rings. The second-order valence-corrected chi connectivity index (χ2v) is 3.36. The molecule has 3 heteroatoms. The van der Waals surface area contributed by atoms with E-state index in [4.69, 9.17) is 16.3 Å². The van der Waals surface area contributed by atoms with E-state index in [1.807, 2.05) is 6.92 Å². The fraction of sp³-hybridized carbons (Fsp3) is 0.308. The highest BCUT2D eigenvalue weighted by atomic mass is 16.5. The number of hydrogen-bond acceptors (Lipinski definition) is 2. The van der Waals surface area contributed by atoms with Gasteiger partial charge in [0.15, 0.2) is 0 Å². The van der Waals surface area contributed by atoms with Crippen molar-refractivity contribution in [2.24, 2.45) is 0 Å². The van der Waals surface area contributed by atoms with Gasteiger partial charge in [0.05, 0.1) is 6.61 Å². The molecular formula is C13H14O3. The molecule has 84 valence electrons. The number of unbranched alkanes of at least 4 members (excludes halogenated alkanes) is 1. The van der Waals surface area contributed by atoms with Crippen LogP contribution >= 0.6 is 0 Å². The maximum Gasteiger partial charge on any atom is 0.339 e. The number of carboxylic acids is 1. The Hall–Kier alpha value is -1.95. The van der Waals surface area contributed by atoms with E-state index < -0.39 is 5.97 Å². The van der Waals surface area contributed by atoms with Crippen molar-refractivity contribution in [3.05, 3.63) is 29.3 Å². The highest BCUT2D eigenvalue weighted by Gasteiger charge is 2.11. The molecule has 0 fully saturated rings. The van der Waals surface area contributed by atoms with Crippen LogP contribution in [0.4, 0.5) is 0 Å². The van der Waals surface area contributed by atoms with Gasteiger partial charge in [-0.3, -0.25) is 0 Å². The first-order valence-electron chi connectivity index (χ1n) is 5.15. The summed E-state index contributed by atoms with van der Waals surface area (Å²) in [5.41, 5.74) is 0.770. The van der Waals surface area contributed by atoms with E-state index in [-0.39, 0.29) is 5.56 Å². The Balaban J connectivity index is 2.92. The SMILES string of the molecule is C#Cc1ccc(C(=O)O)c(OCCCC)c1. The van der Waals surface area contributed by atoms with Crippen LogP contribution in [0.15, 0.2) is 18.2 Å². The quantitative estimate of drug-likeness (QED) is 0.610. The minimum Gasteiger partial charge on any atom is -0.493 e. The molecule has 16 heavy (non-hydrogen) atoms. The van der Waals surface area contributed by atoms with Crippen molar-refractivity contribution in [3.8, 4) is 18.1 Å². The minimum absolute atomic E-state index is 0.148. The molecule has 0 aliphatic heterocycles. The number of rotatable bonds is 5. The number of aromatic carboxylic acids is 1. The Morgan fingerprint density at radius 2 is 2.31 bits per heavy atom. The van der Waals surface area contributed by atoms with Crippen LogP contribution in [-0.2, 0) is 0 Å². The lowest BCUT2D eigenvalue weighted by atomic mass is 10.1. The highest BCUT2D eigenvalue weighted by molar-refractivity contribution is 5.91. The van der Waals surface area contributed by atoms with Crippen molar-refractivity contribution in [3.63, 3.8) is 0 Å². The standard InChI is InChI=1S/C13H14O3/c1-3-5-8-16-12-9-10(4-2)6-7-11(12)13(14)15/h2,6-7,9H,3,5,8H2,1H3,(H,14,15). The lowest BCUT2D eigenvalue weighted by Gasteiger charge is -2.08. The Morgan fingerprint density at radius 1 is 1.56 bits per heavy atom. The molecule has 0 saturated heterocycles. The van der Waals surface area contributed by atoms with Gasteiger partial charge >= 0.3 is 5.97 Å². The van der Waals surface area contributed by atoms with Crippen molar-refractivity contribution in [2.75, 3.05) is 6.61 Å². The fourth-order valence-corrected chi connectivity index (χ4v) is 1.23. The first kappa shape index (κ1) is 12.1. The predicted octanol–water partition coefficient (Wildman–Crippen LogP) is 2.55. The van der Waals surface area contributed by atoms with Crippen LogP contribution in [0.5, 0.6) is 5.75 Å². The fourth-order valence-electron chi connectivity index (χ4n) is 1.23. The summed E-state index contributed by atoms with van der Waals surface area (Å²) in [7, 11) is 0. The zero-order chi connectivity index (χ0) is 12.0. The second kappa shape index (κ2) is 5.82. The number of terminal acetylenes is 1. The first-order valence-corrected chi connectivity index (χ1v) is 5.15. The van der Waals surface area contributed by atoms with Crippen LogP contribution < -0.4 is 4.74 Å². The number of carboxylic acid groups (broad SMARTS) is 1. The molecule has 0 saturated carbocycles. The molecule has 1 aromatic carbocycles. The zero-order valence-corrected chi connectivity index (χ0v) is 9.19. The summed E-state index contributed by atoms with van der Waals surface area (Å²) in [5.74, 6) is 1.79. The van der Waals surface area contributed by atoms with Crippen molar-refractivity contribution in [1.29, 1.82) is 0 Å². The molecule has 0 heterocycles. The van der Waals surface area contributed by atoms with Crippen LogP contribution in [0, 0.1) is 12.3 Å². The van der Waals surface area contributed by atoms with Gasteiger partial charge in [-0.2, -0.15) is 0 Å². The van der Waals surface area contributed by atoms with Gasteiger partial charge in [-0.15, -0.1) is 6.42 Å². The largest absolute Gasteiger partial charge is 0.493 e. The average Bonchev–Trinajstić information content (AvgIpc) is 2.29. The van der Waals surface area contributed by atoms with Crippen LogP contribution in [0.1, 0.15) is 35.7 Å². The molecule has 0 radical (unpaired) electrons. The van der Waals surface area contributed by atoms with Gasteiger partial charge in [-0.25, -0.2) is 4.79 Å². The Kier molecular flexibility index (Phi) is 4.41. The normalized spacial score (nSPS) is 9.50. The van der Waals surface area contributed by atoms with E-state index in [1.54, 1.807) is 12.1 Å². The van der Waals surface area contributed by atoms with Gasteiger partial charge < -0.3 is 9.84 Å². The number of ether oxygens (including phenoxy) is 1. The Labute approximate surface area is 95.1 Å². The molecule has 3 nitrogen and oxygen atoms in total. The molecule has 0 spiro atoms. The van der Waals surface area contributed by atoms with Crippen molar-refractivity contribution >= 4 is 5.97 Å². The minimum atomic E-state index is -1.00. The van der Waals surface area contributed by atoms with Crippen molar-refractivity contribution in [2.45, 2.75) is 19.8 Å². The third-order valence-corrected chi connectivity index (χ3v) is 2.13. The molecule has 0 bridgehead atoms. The molecule has 0 unspecified atom stereocenters. The van der Waals surface area contributed by atoms with E-state index in [2.05, 4.69) is 5.92 Å². The Bertz CT molecular complexity index is 416. The molecule has 1 rings (SSSR count). The predicted molar refractivity (Wildman–Crippen MR) is 61.7 cm³/mol. The third kappa shape index (κ3) is 3.03. The van der Waals surface area contributed by atoms with Crippen molar-refractivity contribution in [1.82, 2.24) is 0 Å². The smallest absolute Gasteiger partial charge is 0.339 e. The molecular weight excluding hydrogens is 204 g/mol. The zero-order valence-electron chi connectivity index (χ0n) is 9.19. The van der Waals surface area contributed by atoms with E-state index in [1.165, 1.54) is 6.07 Å². The summed E-state index contributed by atoms with van der Waals surface area (Å²) in [4.78, 5) is 10.9. The Morgan fingerprint density at radius 3 is 2.88 bits per heavy atom. The number of carbonyl (C=O) groups is 1. The van der Waals surface area contributed by atoms with Gasteiger partial charge in [0.1, 0.15) is 11.3 Å². The third-order valence-electron chi connectivity index (χ3n) is 2.13. The molecule has 1 N–H and O–H groups in total. The number of benzene rings is 1. The summed E-state index contributed by atoms with van der Waals surface area (Å²) in [6.07, 6.45) is 7.13. The van der Waals surface area contributed by atoms with Gasteiger partial charge in [0.2, 0.25) is 0 Å². The summed E-state index contributed by atoms with van der Waals surface area (Å²) < 4.78 is 5.40. The summed E-state index contributed by atoms with van der Waals surface area (Å²) in [6.45, 7) is 2.55. The molecule has 1 aromatic rings. The van der Waals surface area contributed by atoms with Crippen LogP contribution in [0.2, 0.25) is 0 Å². The van der Waals surface area contributed by atoms with Crippen LogP contribution in [0.25, 0.3) is 0 Å². The molecule has 0 aromatic heterocycles. The topological polar surface area (TPSA) is 46.5 Å². The van der Waals surface area contributed by atoms with E-state index in [0.29, 0.717) is 17.9 Å². The lowest BCUT2D eigenvalue weighted by Crippen LogP contribution is -2.04. The first-order chi connectivity index (χ1) is 7.69. The molecule has 0 atom stereocenters. The molecule has 0 aliphatic carbocycles. The van der Waals surface area contributed by atoms with E-state index in [9.17, 15) is 4.79 Å². The maximum atomic E-state index is 10.9. The summed E-state index contributed by atoms with van der Waals surface area (Å²) >= 11 is 0. The van der Waals surface area contributed by atoms with Gasteiger partial charge in [-0.1, -0.05) is 19.3 Å². The molecule has 0 amide bonds. The average molecular weight is 218 g/mol. The maximum absolute atomic E-state index is 10.9. The second-order valence-electron chi connectivity index (χ2n) is 3.36. The van der Waals surface area contributed by atoms with E-state index in [0.717, 1.165) is 12.8 Å². The summed E-state index contributed by atoms with van der Waals surface area (Å²) in [5, 5.41) is 8.95. The van der Waals surface area contributed by atoms with Crippen LogP contribution in [-0.4, -0.2) is 17.7 Å². The number of hydrogen-bond donors (Lipinski definition) is 1. The lowest BCUT2D eigenvalue weighted by molar-refractivity contribution is 0.0692. The van der Waals surface area contributed by atoms with Crippen molar-refractivity contribution < 1.29 is 14.6 Å². The van der Waals surface area contributed by atoms with Gasteiger partial charge in [0.25, 0.3) is 0 Å². The van der Waals surface area contributed by atoms with Crippen LogP contribution in [0.3, 0.4) is 0 Å².